The molecule has 1 aromatic carbocycles. The van der Waals surface area contributed by atoms with E-state index in [1.165, 1.54) is 28.3 Å². The van der Waals surface area contributed by atoms with E-state index in [1.807, 2.05) is 0 Å². The van der Waals surface area contributed by atoms with Crippen molar-refractivity contribution in [1.29, 1.82) is 0 Å². The summed E-state index contributed by atoms with van der Waals surface area (Å²) in [6.45, 7) is 4.79. The first-order valence-electron chi connectivity index (χ1n) is 7.84. The first-order chi connectivity index (χ1) is 10.1. The van der Waals surface area contributed by atoms with Gasteiger partial charge in [0, 0.05) is 21.9 Å². The van der Waals surface area contributed by atoms with Crippen molar-refractivity contribution in [1.82, 2.24) is 9.55 Å². The normalized spacial score (nSPS) is 26.4. The fourth-order valence-corrected chi connectivity index (χ4v) is 4.31. The molecule has 2 nitrogen and oxygen atoms in total. The predicted octanol–water partition coefficient (Wildman–Crippen LogP) is 5.42. The van der Waals surface area contributed by atoms with E-state index in [9.17, 15) is 0 Å². The van der Waals surface area contributed by atoms with E-state index in [0.717, 1.165) is 23.7 Å². The van der Waals surface area contributed by atoms with Gasteiger partial charge in [0.25, 0.3) is 0 Å². The molecule has 0 bridgehead atoms. The zero-order valence-corrected chi connectivity index (χ0v) is 15.6. The standard InChI is InChI=1S/C17H22ClIN2/c1-11-4-3-5-15(12(11)2)21-16-7-6-13(19)10-14(16)20-17(21)8-9-18/h6-7,10-12,15H,3-5,8-9H2,1-2H3. The van der Waals surface area contributed by atoms with E-state index in [0.29, 0.717) is 17.8 Å². The van der Waals surface area contributed by atoms with Gasteiger partial charge in [-0.05, 0) is 59.0 Å². The second-order valence-corrected chi connectivity index (χ2v) is 7.93. The Morgan fingerprint density at radius 2 is 2.14 bits per heavy atom. The van der Waals surface area contributed by atoms with E-state index in [2.05, 4.69) is 59.2 Å². The molecule has 1 aliphatic rings. The molecular formula is C17H22ClIN2. The molecule has 0 N–H and O–H groups in total. The van der Waals surface area contributed by atoms with Gasteiger partial charge in [-0.25, -0.2) is 4.98 Å². The Bertz CT molecular complexity index is 637. The number of alkyl halides is 1. The number of aryl methyl sites for hydroxylation is 1. The molecule has 0 spiro atoms. The van der Waals surface area contributed by atoms with Gasteiger partial charge < -0.3 is 4.57 Å². The van der Waals surface area contributed by atoms with Gasteiger partial charge in [0.15, 0.2) is 0 Å². The lowest BCUT2D eigenvalue weighted by Crippen LogP contribution is -2.28. The molecule has 2 aromatic rings. The highest BCUT2D eigenvalue weighted by Gasteiger charge is 2.30. The minimum atomic E-state index is 0.567. The third kappa shape index (κ3) is 2.96. The molecular weight excluding hydrogens is 395 g/mol. The maximum Gasteiger partial charge on any atom is 0.111 e. The summed E-state index contributed by atoms with van der Waals surface area (Å²) in [5.74, 6) is 3.28. The SMILES string of the molecule is CC1CCCC(n2c(CCCl)nc3cc(I)ccc32)C1C. The molecule has 1 fully saturated rings. The number of halogens is 2. The number of aromatic nitrogens is 2. The predicted molar refractivity (Wildman–Crippen MR) is 98.1 cm³/mol. The van der Waals surface area contributed by atoms with Gasteiger partial charge in [0.1, 0.15) is 5.82 Å². The summed E-state index contributed by atoms with van der Waals surface area (Å²) in [6, 6.07) is 7.16. The van der Waals surface area contributed by atoms with Gasteiger partial charge in [-0.15, -0.1) is 11.6 Å². The first-order valence-corrected chi connectivity index (χ1v) is 9.45. The van der Waals surface area contributed by atoms with Crippen LogP contribution in [0.1, 0.15) is 45.0 Å². The Balaban J connectivity index is 2.12. The lowest BCUT2D eigenvalue weighted by Gasteiger charge is -2.36. The summed E-state index contributed by atoms with van der Waals surface area (Å²) in [6.07, 6.45) is 4.79. The van der Waals surface area contributed by atoms with Crippen molar-refractivity contribution in [3.05, 3.63) is 27.6 Å². The largest absolute Gasteiger partial charge is 0.325 e. The van der Waals surface area contributed by atoms with Crippen LogP contribution < -0.4 is 0 Å². The lowest BCUT2D eigenvalue weighted by molar-refractivity contribution is 0.187. The molecule has 0 radical (unpaired) electrons. The zero-order valence-electron chi connectivity index (χ0n) is 12.6. The van der Waals surface area contributed by atoms with Crippen LogP contribution >= 0.6 is 34.2 Å². The summed E-state index contributed by atoms with van der Waals surface area (Å²) >= 11 is 8.37. The molecule has 0 saturated heterocycles. The van der Waals surface area contributed by atoms with Crippen molar-refractivity contribution in [2.45, 2.75) is 45.6 Å². The number of nitrogens with zero attached hydrogens (tertiary/aromatic N) is 2. The maximum absolute atomic E-state index is 6.02. The fourth-order valence-electron chi connectivity index (χ4n) is 3.67. The highest BCUT2D eigenvalue weighted by atomic mass is 127. The van der Waals surface area contributed by atoms with E-state index >= 15 is 0 Å². The number of benzene rings is 1. The van der Waals surface area contributed by atoms with Crippen molar-refractivity contribution >= 4 is 45.2 Å². The molecule has 0 amide bonds. The van der Waals surface area contributed by atoms with Gasteiger partial charge in [-0.3, -0.25) is 0 Å². The average Bonchev–Trinajstić information content (AvgIpc) is 2.79. The molecule has 1 aromatic heterocycles. The third-order valence-corrected chi connectivity index (χ3v) is 5.90. The molecule has 21 heavy (non-hydrogen) atoms. The van der Waals surface area contributed by atoms with Gasteiger partial charge in [0.05, 0.1) is 11.0 Å². The van der Waals surface area contributed by atoms with E-state index in [4.69, 9.17) is 16.6 Å². The Labute approximate surface area is 145 Å². The Morgan fingerprint density at radius 1 is 1.33 bits per heavy atom. The van der Waals surface area contributed by atoms with Gasteiger partial charge in [-0.2, -0.15) is 0 Å². The molecule has 114 valence electrons. The van der Waals surface area contributed by atoms with E-state index < -0.39 is 0 Å². The molecule has 3 atom stereocenters. The van der Waals surface area contributed by atoms with Crippen LogP contribution in [0.2, 0.25) is 0 Å². The molecule has 1 aliphatic carbocycles. The monoisotopic (exact) mass is 416 g/mol. The van der Waals surface area contributed by atoms with E-state index in [-0.39, 0.29) is 0 Å². The number of hydrogen-bond acceptors (Lipinski definition) is 1. The summed E-state index contributed by atoms with van der Waals surface area (Å²) in [4.78, 5) is 4.87. The van der Waals surface area contributed by atoms with Crippen LogP contribution in [0.3, 0.4) is 0 Å². The molecule has 3 rings (SSSR count). The van der Waals surface area contributed by atoms with Crippen molar-refractivity contribution in [3.8, 4) is 0 Å². The quantitative estimate of drug-likeness (QED) is 0.482. The van der Waals surface area contributed by atoms with Crippen LogP contribution in [0, 0.1) is 15.4 Å². The summed E-state index contributed by atoms with van der Waals surface area (Å²) in [5, 5.41) is 0. The highest BCUT2D eigenvalue weighted by molar-refractivity contribution is 14.1. The Morgan fingerprint density at radius 3 is 2.90 bits per heavy atom. The minimum absolute atomic E-state index is 0.567. The summed E-state index contributed by atoms with van der Waals surface area (Å²) in [7, 11) is 0. The topological polar surface area (TPSA) is 17.8 Å². The van der Waals surface area contributed by atoms with Crippen LogP contribution in [0.5, 0.6) is 0 Å². The van der Waals surface area contributed by atoms with Gasteiger partial charge in [-0.1, -0.05) is 26.7 Å². The zero-order chi connectivity index (χ0) is 15.0. The second kappa shape index (κ2) is 6.45. The second-order valence-electron chi connectivity index (χ2n) is 6.30. The van der Waals surface area contributed by atoms with Crippen LogP contribution in [0.4, 0.5) is 0 Å². The Kier molecular flexibility index (Phi) is 4.79. The number of imidazole rings is 1. The number of rotatable bonds is 3. The van der Waals surface area contributed by atoms with Gasteiger partial charge >= 0.3 is 0 Å². The molecule has 4 heteroatoms. The van der Waals surface area contributed by atoms with Crippen LogP contribution in [-0.4, -0.2) is 15.4 Å². The molecule has 1 saturated carbocycles. The minimum Gasteiger partial charge on any atom is -0.325 e. The Hall–Kier alpha value is -0.290. The van der Waals surface area contributed by atoms with Crippen molar-refractivity contribution in [2.75, 3.05) is 5.88 Å². The van der Waals surface area contributed by atoms with Crippen LogP contribution in [-0.2, 0) is 6.42 Å². The molecule has 1 heterocycles. The summed E-state index contributed by atoms with van der Waals surface area (Å²) in [5.41, 5.74) is 2.40. The first kappa shape index (κ1) is 15.6. The summed E-state index contributed by atoms with van der Waals surface area (Å²) < 4.78 is 3.74. The number of hydrogen-bond donors (Lipinski definition) is 0. The van der Waals surface area contributed by atoms with Gasteiger partial charge in [0.2, 0.25) is 0 Å². The molecule has 3 unspecified atom stereocenters. The number of fused-ring (bicyclic) bond motifs is 1. The maximum atomic E-state index is 6.02. The average molecular weight is 417 g/mol. The van der Waals surface area contributed by atoms with Crippen LogP contribution in [0.15, 0.2) is 18.2 Å². The lowest BCUT2D eigenvalue weighted by atomic mass is 9.78. The molecule has 0 aliphatic heterocycles. The third-order valence-electron chi connectivity index (χ3n) is 5.04. The highest BCUT2D eigenvalue weighted by Crippen LogP contribution is 2.40. The van der Waals surface area contributed by atoms with Crippen molar-refractivity contribution < 1.29 is 0 Å². The smallest absolute Gasteiger partial charge is 0.111 e. The van der Waals surface area contributed by atoms with E-state index in [1.54, 1.807) is 0 Å². The fraction of sp³-hybridized carbons (Fsp3) is 0.588. The van der Waals surface area contributed by atoms with Crippen molar-refractivity contribution in [2.24, 2.45) is 11.8 Å². The van der Waals surface area contributed by atoms with Crippen LogP contribution in [0.25, 0.3) is 11.0 Å². The van der Waals surface area contributed by atoms with Crippen molar-refractivity contribution in [3.63, 3.8) is 0 Å².